The average Bonchev–Trinajstić information content (AvgIpc) is 2.47. The Morgan fingerprint density at radius 2 is 1.73 bits per heavy atom. The Morgan fingerprint density at radius 1 is 1.18 bits per heavy atom. The number of carbonyl (C=O) groups is 1. The van der Waals surface area contributed by atoms with Crippen LogP contribution in [0.15, 0.2) is 29.2 Å². The Balaban J connectivity index is 2.59. The molecular weight excluding hydrogens is 328 g/mol. The number of hydrogen-bond donors (Lipinski definition) is 1. The Kier molecular flexibility index (Phi) is 6.80. The highest BCUT2D eigenvalue weighted by Crippen LogP contribution is 2.13. The van der Waals surface area contributed by atoms with E-state index >= 15 is 0 Å². The molecule has 1 aromatic carbocycles. The second-order valence-corrected chi connectivity index (χ2v) is 6.37. The van der Waals surface area contributed by atoms with Crippen molar-refractivity contribution in [1.82, 2.24) is 9.62 Å². The highest BCUT2D eigenvalue weighted by molar-refractivity contribution is 7.89. The molecule has 1 N–H and O–H groups in total. The van der Waals surface area contributed by atoms with Crippen molar-refractivity contribution in [2.45, 2.75) is 11.3 Å². The standard InChI is InChI=1S/C13H13ClN4O3S/c14-11-1-3-12(4-2-11)22(20,21)17-8-5-13(19)18(9-6-15)10-7-16/h1-4,17H,5,8-10H2. The lowest BCUT2D eigenvalue weighted by atomic mass is 10.3. The molecule has 0 aromatic heterocycles. The zero-order chi connectivity index (χ0) is 16.6. The van der Waals surface area contributed by atoms with Crippen molar-refractivity contribution < 1.29 is 13.2 Å². The van der Waals surface area contributed by atoms with E-state index in [1.165, 1.54) is 24.3 Å². The summed E-state index contributed by atoms with van der Waals surface area (Å²) in [5.41, 5.74) is 0. The summed E-state index contributed by atoms with van der Waals surface area (Å²) in [6.07, 6.45) is -0.143. The van der Waals surface area contributed by atoms with Crippen LogP contribution in [0.5, 0.6) is 0 Å². The molecule has 0 bridgehead atoms. The molecule has 0 aliphatic carbocycles. The minimum atomic E-state index is -3.73. The van der Waals surface area contributed by atoms with E-state index < -0.39 is 15.9 Å². The maximum absolute atomic E-state index is 12.0. The van der Waals surface area contributed by atoms with Gasteiger partial charge in [0.1, 0.15) is 13.1 Å². The van der Waals surface area contributed by atoms with Gasteiger partial charge in [-0.1, -0.05) is 11.6 Å². The molecule has 0 heterocycles. The first-order chi connectivity index (χ1) is 10.4. The van der Waals surface area contributed by atoms with Gasteiger partial charge in [0.25, 0.3) is 0 Å². The van der Waals surface area contributed by atoms with Crippen molar-refractivity contribution in [3.8, 4) is 12.1 Å². The van der Waals surface area contributed by atoms with Crippen LogP contribution in [0.2, 0.25) is 5.02 Å². The van der Waals surface area contributed by atoms with Gasteiger partial charge < -0.3 is 4.90 Å². The number of nitriles is 2. The first-order valence-corrected chi connectivity index (χ1v) is 8.03. The van der Waals surface area contributed by atoms with Crippen molar-refractivity contribution in [3.05, 3.63) is 29.3 Å². The fraction of sp³-hybridized carbons (Fsp3) is 0.308. The number of nitrogens with zero attached hydrogens (tertiary/aromatic N) is 3. The summed E-state index contributed by atoms with van der Waals surface area (Å²) in [6, 6.07) is 9.15. The van der Waals surface area contributed by atoms with Crippen LogP contribution in [0.4, 0.5) is 0 Å². The van der Waals surface area contributed by atoms with Crippen LogP contribution in [-0.4, -0.2) is 38.9 Å². The van der Waals surface area contributed by atoms with Gasteiger partial charge in [0.2, 0.25) is 15.9 Å². The summed E-state index contributed by atoms with van der Waals surface area (Å²) in [7, 11) is -3.73. The van der Waals surface area contributed by atoms with Gasteiger partial charge in [-0.05, 0) is 24.3 Å². The van der Waals surface area contributed by atoms with E-state index in [2.05, 4.69) is 4.72 Å². The number of hydrogen-bond acceptors (Lipinski definition) is 5. The molecule has 0 fully saturated rings. The molecule has 0 unspecified atom stereocenters. The molecule has 0 radical (unpaired) electrons. The summed E-state index contributed by atoms with van der Waals surface area (Å²) in [4.78, 5) is 12.9. The van der Waals surface area contributed by atoms with Crippen LogP contribution >= 0.6 is 11.6 Å². The molecule has 1 rings (SSSR count). The molecule has 0 aliphatic rings. The second-order valence-electron chi connectivity index (χ2n) is 4.17. The predicted octanol–water partition coefficient (Wildman–Crippen LogP) is 0.884. The summed E-state index contributed by atoms with van der Waals surface area (Å²) >= 11 is 5.68. The zero-order valence-electron chi connectivity index (χ0n) is 11.5. The van der Waals surface area contributed by atoms with E-state index in [0.29, 0.717) is 5.02 Å². The third kappa shape index (κ3) is 5.34. The largest absolute Gasteiger partial charge is 0.316 e. The Morgan fingerprint density at radius 3 is 2.23 bits per heavy atom. The monoisotopic (exact) mass is 340 g/mol. The molecule has 9 heteroatoms. The summed E-state index contributed by atoms with van der Waals surface area (Å²) in [5.74, 6) is -0.470. The van der Waals surface area contributed by atoms with Crippen molar-refractivity contribution in [3.63, 3.8) is 0 Å². The molecule has 22 heavy (non-hydrogen) atoms. The quantitative estimate of drug-likeness (QED) is 0.740. The minimum absolute atomic E-state index is 0.0373. The minimum Gasteiger partial charge on any atom is -0.316 e. The molecule has 0 aliphatic heterocycles. The van der Waals surface area contributed by atoms with Gasteiger partial charge >= 0.3 is 0 Å². The smallest absolute Gasteiger partial charge is 0.240 e. The highest BCUT2D eigenvalue weighted by Gasteiger charge is 2.16. The van der Waals surface area contributed by atoms with E-state index in [0.717, 1.165) is 4.90 Å². The first kappa shape index (κ1) is 17.9. The van der Waals surface area contributed by atoms with E-state index in [1.54, 1.807) is 12.1 Å². The van der Waals surface area contributed by atoms with Gasteiger partial charge in [-0.2, -0.15) is 10.5 Å². The summed E-state index contributed by atoms with van der Waals surface area (Å²) in [5, 5.41) is 17.5. The maximum atomic E-state index is 12.0. The van der Waals surface area contributed by atoms with Crippen molar-refractivity contribution >= 4 is 27.5 Å². The highest BCUT2D eigenvalue weighted by atomic mass is 35.5. The van der Waals surface area contributed by atoms with Crippen LogP contribution in [0.3, 0.4) is 0 Å². The van der Waals surface area contributed by atoms with Crippen LogP contribution in [-0.2, 0) is 14.8 Å². The Bertz CT molecular complexity index is 688. The van der Waals surface area contributed by atoms with Crippen LogP contribution in [0, 0.1) is 22.7 Å². The second kappa shape index (κ2) is 8.35. The molecular formula is C13H13ClN4O3S. The lowest BCUT2D eigenvalue weighted by Gasteiger charge is -2.15. The molecule has 1 aromatic rings. The first-order valence-electron chi connectivity index (χ1n) is 6.17. The fourth-order valence-corrected chi connectivity index (χ4v) is 2.71. The molecule has 0 atom stereocenters. The predicted molar refractivity (Wildman–Crippen MR) is 79.1 cm³/mol. The third-order valence-electron chi connectivity index (χ3n) is 2.63. The number of halogens is 1. The van der Waals surface area contributed by atoms with Crippen molar-refractivity contribution in [2.75, 3.05) is 19.6 Å². The lowest BCUT2D eigenvalue weighted by Crippen LogP contribution is -2.35. The number of sulfonamides is 1. The molecule has 0 spiro atoms. The zero-order valence-corrected chi connectivity index (χ0v) is 13.1. The third-order valence-corrected chi connectivity index (χ3v) is 4.36. The molecule has 1 amide bonds. The number of nitrogens with one attached hydrogen (secondary N) is 1. The molecule has 0 saturated carbocycles. The maximum Gasteiger partial charge on any atom is 0.240 e. The van der Waals surface area contributed by atoms with E-state index in [-0.39, 0.29) is 31.0 Å². The van der Waals surface area contributed by atoms with Crippen LogP contribution < -0.4 is 4.72 Å². The molecule has 116 valence electrons. The number of benzene rings is 1. The summed E-state index contributed by atoms with van der Waals surface area (Å²) in [6.45, 7) is -0.552. The SMILES string of the molecule is N#CCN(CC#N)C(=O)CCNS(=O)(=O)c1ccc(Cl)cc1. The molecule has 0 saturated heterocycles. The number of amides is 1. The summed E-state index contributed by atoms with van der Waals surface area (Å²) < 4.78 is 26.2. The van der Waals surface area contributed by atoms with Crippen molar-refractivity contribution in [1.29, 1.82) is 10.5 Å². The molecule has 7 nitrogen and oxygen atoms in total. The van der Waals surface area contributed by atoms with E-state index in [9.17, 15) is 13.2 Å². The lowest BCUT2D eigenvalue weighted by molar-refractivity contribution is -0.129. The van der Waals surface area contributed by atoms with Crippen LogP contribution in [0.25, 0.3) is 0 Å². The van der Waals surface area contributed by atoms with Crippen LogP contribution in [0.1, 0.15) is 6.42 Å². The van der Waals surface area contributed by atoms with Gasteiger partial charge in [0.15, 0.2) is 0 Å². The van der Waals surface area contributed by atoms with Gasteiger partial charge in [0.05, 0.1) is 17.0 Å². The van der Waals surface area contributed by atoms with E-state index in [4.69, 9.17) is 22.1 Å². The van der Waals surface area contributed by atoms with E-state index in [1.807, 2.05) is 0 Å². The number of carbonyl (C=O) groups excluding carboxylic acids is 1. The number of rotatable bonds is 7. The van der Waals surface area contributed by atoms with Gasteiger partial charge in [-0.15, -0.1) is 0 Å². The average molecular weight is 341 g/mol. The van der Waals surface area contributed by atoms with Gasteiger partial charge in [0, 0.05) is 18.0 Å². The Labute approximate surface area is 133 Å². The topological polar surface area (TPSA) is 114 Å². The van der Waals surface area contributed by atoms with Gasteiger partial charge in [-0.3, -0.25) is 4.79 Å². The van der Waals surface area contributed by atoms with Crippen molar-refractivity contribution in [2.24, 2.45) is 0 Å². The fourth-order valence-electron chi connectivity index (χ4n) is 1.55. The normalized spacial score (nSPS) is 10.5. The van der Waals surface area contributed by atoms with Gasteiger partial charge in [-0.25, -0.2) is 13.1 Å². The Hall–Kier alpha value is -2.13.